The van der Waals surface area contributed by atoms with Gasteiger partial charge in [0.25, 0.3) is 0 Å². The van der Waals surface area contributed by atoms with Gasteiger partial charge in [-0.1, -0.05) is 23.9 Å². The van der Waals surface area contributed by atoms with Crippen LogP contribution in [0.1, 0.15) is 23.6 Å². The zero-order chi connectivity index (χ0) is 30.8. The van der Waals surface area contributed by atoms with Gasteiger partial charge >= 0.3 is 6.03 Å². The molecule has 0 bridgehead atoms. The van der Waals surface area contributed by atoms with Crippen molar-refractivity contribution in [3.05, 3.63) is 77.4 Å². The minimum absolute atomic E-state index is 0.000685. The number of thioether (sulfide) groups is 1. The molecular formula is C30H32FN6O4PS. The summed E-state index contributed by atoms with van der Waals surface area (Å²) >= 11 is 1.21. The normalized spacial score (nSPS) is 14.6. The van der Waals surface area contributed by atoms with Crippen molar-refractivity contribution in [3.63, 3.8) is 0 Å². The lowest BCUT2D eigenvalue weighted by atomic mass is 10.1. The molecule has 3 aromatic carbocycles. The molecule has 13 heteroatoms. The highest BCUT2D eigenvalue weighted by atomic mass is 32.2. The van der Waals surface area contributed by atoms with Gasteiger partial charge in [0, 0.05) is 23.4 Å². The molecule has 0 radical (unpaired) electrons. The molecule has 4 rings (SSSR count). The first-order valence-electron chi connectivity index (χ1n) is 13.4. The fourth-order valence-electron chi connectivity index (χ4n) is 3.98. The number of alkyl halides is 1. The number of carbonyl (C=O) groups excluding carboxylic acids is 2. The van der Waals surface area contributed by atoms with Gasteiger partial charge in [-0.05, 0) is 73.2 Å². The number of nitrogens with two attached hydrogens (primary N) is 1. The number of nitrogens with zero attached hydrogens (tertiary/aromatic N) is 4. The summed E-state index contributed by atoms with van der Waals surface area (Å²) in [5, 5.41) is 3.73. The van der Waals surface area contributed by atoms with E-state index in [1.807, 2.05) is 32.0 Å². The molecule has 3 aromatic rings. The third-order valence-electron chi connectivity index (χ3n) is 6.08. The maximum absolute atomic E-state index is 12.9. The van der Waals surface area contributed by atoms with Gasteiger partial charge in [0.15, 0.2) is 5.17 Å². The summed E-state index contributed by atoms with van der Waals surface area (Å²) in [5.41, 5.74) is 10.4. The number of urea groups is 1. The number of rotatable bonds is 11. The zero-order valence-corrected chi connectivity index (χ0v) is 25.7. The highest BCUT2D eigenvalue weighted by molar-refractivity contribution is 8.15. The molecule has 1 aliphatic heterocycles. The second-order valence-electron chi connectivity index (χ2n) is 9.20. The lowest BCUT2D eigenvalue weighted by Crippen LogP contribution is -2.31. The Morgan fingerprint density at radius 3 is 2.70 bits per heavy atom. The average Bonchev–Trinajstić information content (AvgIpc) is 3.35. The first-order valence-corrected chi connectivity index (χ1v) is 14.9. The number of amidine groups is 2. The predicted octanol–water partition coefficient (Wildman–Crippen LogP) is 5.11. The number of carbonyl (C=O) groups is 2. The Morgan fingerprint density at radius 1 is 1.19 bits per heavy atom. The number of nitrogens with one attached hydrogen (secondary N) is 1. The van der Waals surface area contributed by atoms with Gasteiger partial charge in [0.2, 0.25) is 5.91 Å². The summed E-state index contributed by atoms with van der Waals surface area (Å²) < 4.78 is 23.0. The molecule has 1 fully saturated rings. The van der Waals surface area contributed by atoms with E-state index in [-0.39, 0.29) is 24.1 Å². The molecule has 0 aliphatic carbocycles. The highest BCUT2D eigenvalue weighted by Gasteiger charge is 2.32. The number of amides is 3. The van der Waals surface area contributed by atoms with Crippen molar-refractivity contribution in [2.24, 2.45) is 20.7 Å². The maximum atomic E-state index is 12.9. The Bertz CT molecular complexity index is 1560. The number of aliphatic imine (C=N–C) groups is 3. The summed E-state index contributed by atoms with van der Waals surface area (Å²) in [7, 11) is 2.55. The van der Waals surface area contributed by atoms with E-state index < -0.39 is 12.7 Å². The van der Waals surface area contributed by atoms with Crippen LogP contribution < -0.4 is 26.0 Å². The summed E-state index contributed by atoms with van der Waals surface area (Å²) in [6.07, 6.45) is 1.33. The quantitative estimate of drug-likeness (QED) is 0.174. The molecule has 0 saturated carbocycles. The minimum atomic E-state index is -0.618. The Morgan fingerprint density at radius 2 is 1.98 bits per heavy atom. The second kappa shape index (κ2) is 15.4. The van der Waals surface area contributed by atoms with Crippen LogP contribution in [0.2, 0.25) is 0 Å². The molecule has 1 aliphatic rings. The summed E-state index contributed by atoms with van der Waals surface area (Å²) in [6, 6.07) is 17.1. The Kier molecular flexibility index (Phi) is 11.4. The Hall–Kier alpha value is -4.12. The summed E-state index contributed by atoms with van der Waals surface area (Å²) in [4.78, 5) is 39.9. The van der Waals surface area contributed by atoms with Crippen LogP contribution in [0.3, 0.4) is 0 Å². The van der Waals surface area contributed by atoms with Crippen molar-refractivity contribution in [2.45, 2.75) is 20.5 Å². The number of benzene rings is 3. The molecule has 1 atom stereocenters. The number of aryl methyl sites for hydroxylation is 1. The third-order valence-corrected chi connectivity index (χ3v) is 7.48. The molecule has 43 heavy (non-hydrogen) atoms. The van der Waals surface area contributed by atoms with Crippen molar-refractivity contribution in [1.82, 2.24) is 0 Å². The molecular weight excluding hydrogens is 590 g/mol. The van der Waals surface area contributed by atoms with Gasteiger partial charge in [-0.2, -0.15) is 4.99 Å². The monoisotopic (exact) mass is 622 g/mol. The molecule has 1 unspecified atom stereocenters. The van der Waals surface area contributed by atoms with Crippen LogP contribution in [0.25, 0.3) is 0 Å². The van der Waals surface area contributed by atoms with Gasteiger partial charge in [-0.25, -0.2) is 19.2 Å². The van der Waals surface area contributed by atoms with E-state index in [1.165, 1.54) is 23.0 Å². The molecule has 3 amide bonds. The highest BCUT2D eigenvalue weighted by Crippen LogP contribution is 2.31. The van der Waals surface area contributed by atoms with Crippen LogP contribution in [0, 0.1) is 6.92 Å². The fraction of sp³-hybridized carbons (Fsp3) is 0.233. The fourth-order valence-corrected chi connectivity index (χ4v) is 5.19. The van der Waals surface area contributed by atoms with E-state index in [0.29, 0.717) is 52.1 Å². The van der Waals surface area contributed by atoms with E-state index >= 15 is 0 Å². The van der Waals surface area contributed by atoms with Crippen molar-refractivity contribution >= 4 is 72.6 Å². The van der Waals surface area contributed by atoms with Crippen LogP contribution in [0.4, 0.5) is 26.2 Å². The predicted molar refractivity (Wildman–Crippen MR) is 175 cm³/mol. The van der Waals surface area contributed by atoms with Crippen LogP contribution in [0.5, 0.6) is 5.75 Å². The molecule has 3 N–H and O–H groups in total. The number of hydrogen-bond donors (Lipinski definition) is 2. The maximum Gasteiger partial charge on any atom is 0.347 e. The lowest BCUT2D eigenvalue weighted by Gasteiger charge is -2.20. The number of anilines is 2. The molecule has 0 spiro atoms. The molecule has 1 saturated heterocycles. The number of ether oxygens (including phenoxy) is 2. The Balaban J connectivity index is 1.44. The standard InChI is InChI=1S/C30H32FN6O4PS/c1-3-40-16-21-5-4-19(2)14-25(21)37-27(38)17-43-30(37)36-29(39)35-24-11-6-20(15-26(24)42)28(32)34-18-33-22-7-9-23(10-8-22)41-13-12-31/h4-11,14-15,18H,3,12-13,16-17,42H2,1-2H3,(H,35,39)(H2,32,33,34)/b36-30-. The third kappa shape index (κ3) is 8.70. The minimum Gasteiger partial charge on any atom is -0.491 e. The number of halogens is 1. The van der Waals surface area contributed by atoms with Crippen molar-refractivity contribution in [1.29, 1.82) is 0 Å². The number of hydrogen-bond acceptors (Lipinski definition) is 6. The van der Waals surface area contributed by atoms with E-state index in [2.05, 4.69) is 29.5 Å². The van der Waals surface area contributed by atoms with Gasteiger partial charge in [-0.15, -0.1) is 9.24 Å². The lowest BCUT2D eigenvalue weighted by molar-refractivity contribution is -0.115. The van der Waals surface area contributed by atoms with Crippen molar-refractivity contribution < 1.29 is 23.5 Å². The van der Waals surface area contributed by atoms with Gasteiger partial charge in [0.05, 0.1) is 23.7 Å². The van der Waals surface area contributed by atoms with Crippen LogP contribution >= 0.6 is 21.0 Å². The van der Waals surface area contributed by atoms with Gasteiger partial charge in [-0.3, -0.25) is 9.69 Å². The largest absolute Gasteiger partial charge is 0.491 e. The topological polar surface area (TPSA) is 131 Å². The van der Waals surface area contributed by atoms with Crippen molar-refractivity contribution in [2.75, 3.05) is 35.9 Å². The van der Waals surface area contributed by atoms with E-state index in [0.717, 1.165) is 11.1 Å². The van der Waals surface area contributed by atoms with Gasteiger partial charge in [0.1, 0.15) is 31.2 Å². The molecule has 10 nitrogen and oxygen atoms in total. The first-order chi connectivity index (χ1) is 20.8. The zero-order valence-electron chi connectivity index (χ0n) is 23.7. The van der Waals surface area contributed by atoms with Crippen molar-refractivity contribution in [3.8, 4) is 5.75 Å². The van der Waals surface area contributed by atoms with Crippen LogP contribution in [-0.4, -0.2) is 54.9 Å². The van der Waals surface area contributed by atoms with Gasteiger partial charge < -0.3 is 20.5 Å². The second-order valence-corrected chi connectivity index (χ2v) is 10.8. The van der Waals surface area contributed by atoms with E-state index in [4.69, 9.17) is 15.2 Å². The van der Waals surface area contributed by atoms with E-state index in [1.54, 1.807) is 42.5 Å². The molecule has 0 aromatic heterocycles. The summed E-state index contributed by atoms with van der Waals surface area (Å²) in [5.74, 6) is 0.802. The first kappa shape index (κ1) is 31.8. The molecule has 1 heterocycles. The Labute approximate surface area is 255 Å². The summed E-state index contributed by atoms with van der Waals surface area (Å²) in [6.45, 7) is 4.16. The average molecular weight is 623 g/mol. The smallest absolute Gasteiger partial charge is 0.347 e. The van der Waals surface area contributed by atoms with E-state index in [9.17, 15) is 14.0 Å². The van der Waals surface area contributed by atoms with Crippen LogP contribution in [-0.2, 0) is 16.1 Å². The molecule has 224 valence electrons. The SMILES string of the molecule is CCOCc1ccc(C)cc1N1C(=O)CS/C1=N\C(=O)Nc1ccc(C(N)=NC=Nc2ccc(OCCF)cc2)cc1P. The van der Waals surface area contributed by atoms with Crippen LogP contribution in [0.15, 0.2) is 75.6 Å².